The topological polar surface area (TPSA) is 61.7 Å². The lowest BCUT2D eigenvalue weighted by atomic mass is 10.3. The fourth-order valence-electron chi connectivity index (χ4n) is 1.32. The van der Waals surface area contributed by atoms with Crippen LogP contribution in [-0.4, -0.2) is 48.5 Å². The van der Waals surface area contributed by atoms with Crippen molar-refractivity contribution in [2.45, 2.75) is 18.6 Å². The maximum absolute atomic E-state index is 12.0. The molecule has 0 spiro atoms. The van der Waals surface area contributed by atoms with Crippen molar-refractivity contribution in [3.05, 3.63) is 28.2 Å². The lowest BCUT2D eigenvalue weighted by Gasteiger charge is -2.15. The van der Waals surface area contributed by atoms with E-state index in [0.29, 0.717) is 15.8 Å². The molecular weight excluding hydrogens is 315 g/mol. The molecule has 0 saturated carbocycles. The first-order chi connectivity index (χ1) is 9.40. The normalized spacial score (nSPS) is 14.3. The summed E-state index contributed by atoms with van der Waals surface area (Å²) in [7, 11) is 0. The Hall–Kier alpha value is -0.660. The van der Waals surface area contributed by atoms with Crippen LogP contribution in [0.1, 0.15) is 0 Å². The molecule has 0 aliphatic carbocycles. The van der Waals surface area contributed by atoms with E-state index in [2.05, 4.69) is 5.32 Å². The van der Waals surface area contributed by atoms with Crippen molar-refractivity contribution in [2.75, 3.05) is 19.7 Å². The van der Waals surface area contributed by atoms with Gasteiger partial charge in [-0.1, -0.05) is 23.2 Å². The number of benzene rings is 1. The molecule has 0 heterocycles. The molecule has 0 bridgehead atoms. The highest BCUT2D eigenvalue weighted by Crippen LogP contribution is 2.27. The molecule has 8 heteroatoms. The molecule has 114 valence electrons. The Balaban J connectivity index is 2.29. The first kappa shape index (κ1) is 17.4. The molecule has 1 aromatic rings. The SMILES string of the molecule is OC(CNCC(O)C(F)F)COc1cc(Cl)ccc1Cl. The van der Waals surface area contributed by atoms with Crippen molar-refractivity contribution in [1.82, 2.24) is 5.32 Å². The minimum absolute atomic E-state index is 0.00195. The minimum atomic E-state index is -2.82. The van der Waals surface area contributed by atoms with Gasteiger partial charge in [0.15, 0.2) is 0 Å². The summed E-state index contributed by atoms with van der Waals surface area (Å²) in [4.78, 5) is 0. The highest BCUT2D eigenvalue weighted by Gasteiger charge is 2.16. The molecule has 0 fully saturated rings. The van der Waals surface area contributed by atoms with Gasteiger partial charge in [0.2, 0.25) is 0 Å². The molecule has 2 atom stereocenters. The monoisotopic (exact) mass is 329 g/mol. The largest absolute Gasteiger partial charge is 0.489 e. The summed E-state index contributed by atoms with van der Waals surface area (Å²) < 4.78 is 29.3. The standard InChI is InChI=1S/C12H15Cl2F2NO3/c13-7-1-2-9(14)11(3-7)20-6-8(18)4-17-5-10(19)12(15)16/h1-3,8,10,12,17-19H,4-6H2. The highest BCUT2D eigenvalue weighted by atomic mass is 35.5. The van der Waals surface area contributed by atoms with Gasteiger partial charge in [-0.15, -0.1) is 0 Å². The van der Waals surface area contributed by atoms with E-state index >= 15 is 0 Å². The Morgan fingerprint density at radius 1 is 1.20 bits per heavy atom. The number of halogens is 4. The Labute approximate surface area is 125 Å². The maximum atomic E-state index is 12.0. The van der Waals surface area contributed by atoms with Gasteiger partial charge in [-0.05, 0) is 12.1 Å². The summed E-state index contributed by atoms with van der Waals surface area (Å²) in [6.45, 7) is -0.396. The number of nitrogens with one attached hydrogen (secondary N) is 1. The number of rotatable bonds is 8. The Morgan fingerprint density at radius 2 is 1.90 bits per heavy atom. The van der Waals surface area contributed by atoms with Gasteiger partial charge in [-0.25, -0.2) is 8.78 Å². The van der Waals surface area contributed by atoms with Crippen LogP contribution < -0.4 is 10.1 Å². The quantitative estimate of drug-likeness (QED) is 0.682. The third-order valence-corrected chi connectivity index (χ3v) is 2.90. The second-order valence-corrected chi connectivity index (χ2v) is 4.94. The molecule has 2 unspecified atom stereocenters. The first-order valence-electron chi connectivity index (χ1n) is 5.83. The average Bonchev–Trinajstić information content (AvgIpc) is 2.39. The summed E-state index contributed by atoms with van der Waals surface area (Å²) in [6.07, 6.45) is -5.51. The van der Waals surface area contributed by atoms with Crippen molar-refractivity contribution in [1.29, 1.82) is 0 Å². The molecule has 0 aromatic heterocycles. The van der Waals surface area contributed by atoms with E-state index < -0.39 is 18.6 Å². The molecule has 0 aliphatic heterocycles. The van der Waals surface area contributed by atoms with Crippen LogP contribution in [0.2, 0.25) is 10.0 Å². The molecule has 0 amide bonds. The molecule has 0 saturated heterocycles. The number of aliphatic hydroxyl groups excluding tert-OH is 2. The maximum Gasteiger partial charge on any atom is 0.265 e. The zero-order chi connectivity index (χ0) is 15.1. The van der Waals surface area contributed by atoms with E-state index in [1.807, 2.05) is 0 Å². The van der Waals surface area contributed by atoms with Crippen LogP contribution in [0.4, 0.5) is 8.78 Å². The second-order valence-electron chi connectivity index (χ2n) is 4.10. The number of hydrogen-bond acceptors (Lipinski definition) is 4. The van der Waals surface area contributed by atoms with Gasteiger partial charge in [-0.3, -0.25) is 0 Å². The van der Waals surface area contributed by atoms with Gasteiger partial charge in [-0.2, -0.15) is 0 Å². The van der Waals surface area contributed by atoms with Crippen LogP contribution in [0.25, 0.3) is 0 Å². The Morgan fingerprint density at radius 3 is 2.55 bits per heavy atom. The third kappa shape index (κ3) is 6.19. The number of alkyl halides is 2. The summed E-state index contributed by atoms with van der Waals surface area (Å²) in [5.41, 5.74) is 0. The zero-order valence-corrected chi connectivity index (χ0v) is 11.9. The average molecular weight is 330 g/mol. The molecule has 20 heavy (non-hydrogen) atoms. The van der Waals surface area contributed by atoms with Gasteiger partial charge in [0.1, 0.15) is 24.6 Å². The molecule has 4 nitrogen and oxygen atoms in total. The number of hydrogen-bond donors (Lipinski definition) is 3. The molecule has 0 aliphatic rings. The number of ether oxygens (including phenoxy) is 1. The first-order valence-corrected chi connectivity index (χ1v) is 6.58. The summed E-state index contributed by atoms with van der Waals surface area (Å²) in [6, 6.07) is 4.66. The van der Waals surface area contributed by atoms with E-state index in [-0.39, 0.29) is 19.7 Å². The molecule has 0 radical (unpaired) electrons. The van der Waals surface area contributed by atoms with Gasteiger partial charge in [0.25, 0.3) is 6.43 Å². The summed E-state index contributed by atoms with van der Waals surface area (Å²) >= 11 is 11.6. The third-order valence-electron chi connectivity index (χ3n) is 2.35. The Bertz CT molecular complexity index is 424. The molecule has 3 N–H and O–H groups in total. The fraction of sp³-hybridized carbons (Fsp3) is 0.500. The molecular formula is C12H15Cl2F2NO3. The van der Waals surface area contributed by atoms with E-state index in [4.69, 9.17) is 33.0 Å². The predicted molar refractivity (Wildman–Crippen MR) is 72.8 cm³/mol. The lowest BCUT2D eigenvalue weighted by Crippen LogP contribution is -2.38. The van der Waals surface area contributed by atoms with Crippen LogP contribution in [0.3, 0.4) is 0 Å². The van der Waals surface area contributed by atoms with Crippen molar-refractivity contribution in [2.24, 2.45) is 0 Å². The van der Waals surface area contributed by atoms with Crippen LogP contribution in [-0.2, 0) is 0 Å². The van der Waals surface area contributed by atoms with Gasteiger partial charge >= 0.3 is 0 Å². The zero-order valence-electron chi connectivity index (χ0n) is 10.4. The second kappa shape index (κ2) is 8.59. The van der Waals surface area contributed by atoms with Crippen molar-refractivity contribution in [3.63, 3.8) is 0 Å². The van der Waals surface area contributed by atoms with E-state index in [1.54, 1.807) is 12.1 Å². The summed E-state index contributed by atoms with van der Waals surface area (Å²) in [5, 5.41) is 21.7. The number of aliphatic hydroxyl groups is 2. The predicted octanol–water partition coefficient (Wildman–Crippen LogP) is 1.95. The van der Waals surface area contributed by atoms with Gasteiger partial charge in [0, 0.05) is 24.2 Å². The minimum Gasteiger partial charge on any atom is -0.489 e. The highest BCUT2D eigenvalue weighted by molar-refractivity contribution is 6.34. The van der Waals surface area contributed by atoms with Crippen LogP contribution in [0, 0.1) is 0 Å². The van der Waals surface area contributed by atoms with E-state index in [0.717, 1.165) is 0 Å². The molecule has 1 rings (SSSR count). The van der Waals surface area contributed by atoms with E-state index in [9.17, 15) is 13.9 Å². The van der Waals surface area contributed by atoms with Crippen LogP contribution >= 0.6 is 23.2 Å². The fourth-order valence-corrected chi connectivity index (χ4v) is 1.65. The van der Waals surface area contributed by atoms with Crippen molar-refractivity contribution >= 4 is 23.2 Å². The molecule has 1 aromatic carbocycles. The summed E-state index contributed by atoms with van der Waals surface area (Å²) in [5.74, 6) is 0.325. The Kier molecular flexibility index (Phi) is 7.47. The van der Waals surface area contributed by atoms with E-state index in [1.165, 1.54) is 6.07 Å². The van der Waals surface area contributed by atoms with Gasteiger partial charge < -0.3 is 20.3 Å². The van der Waals surface area contributed by atoms with Gasteiger partial charge in [0.05, 0.1) is 5.02 Å². The van der Waals surface area contributed by atoms with Crippen molar-refractivity contribution in [3.8, 4) is 5.75 Å². The smallest absolute Gasteiger partial charge is 0.265 e. The van der Waals surface area contributed by atoms with Crippen molar-refractivity contribution < 1.29 is 23.7 Å². The van der Waals surface area contributed by atoms with Crippen LogP contribution in [0.15, 0.2) is 18.2 Å². The lowest BCUT2D eigenvalue weighted by molar-refractivity contribution is -0.00529. The van der Waals surface area contributed by atoms with Crippen LogP contribution in [0.5, 0.6) is 5.75 Å².